The molecule has 338 valence electrons. The molecule has 0 unspecified atom stereocenters. The molecule has 4 fully saturated rings. The summed E-state index contributed by atoms with van der Waals surface area (Å²) in [6.45, 7) is 7.10. The summed E-state index contributed by atoms with van der Waals surface area (Å²) in [5.41, 5.74) is 3.71. The standard InChI is InChI=1S/C46H54ClN9O8/c1-26(2)56-34-7-5-28(19-27(34)20-37(44(56)61)63-23-39(58)48-3)50-41-33(47)21-49-45(52-41)53-17-13-30(14-18-53)64-29-11-15-46(16-12-29)24-54(25-46)40-32-22-55(35-8-10-38(57)51-42(35)59)43(60)31(32)6-9-36(40)62-4/h5-7,9,19-21,26,29-30,35H,8,10-18,22-25H2,1-4H3,(H,48,58)(H,49,50,52)(H,51,57,59)/t35-/m1/s1. The van der Waals surface area contributed by atoms with Gasteiger partial charge < -0.3 is 44.1 Å². The van der Waals surface area contributed by atoms with Crippen molar-refractivity contribution in [1.82, 2.24) is 30.1 Å². The molecule has 1 saturated carbocycles. The summed E-state index contributed by atoms with van der Waals surface area (Å²) in [4.78, 5) is 78.6. The van der Waals surface area contributed by atoms with Crippen molar-refractivity contribution in [2.24, 2.45) is 5.41 Å². The van der Waals surface area contributed by atoms with Crippen LogP contribution in [0.2, 0.25) is 5.02 Å². The van der Waals surface area contributed by atoms with Crippen molar-refractivity contribution in [2.45, 2.75) is 96.1 Å². The molecule has 17 nitrogen and oxygen atoms in total. The van der Waals surface area contributed by atoms with Crippen LogP contribution in [0.1, 0.15) is 87.2 Å². The molecule has 1 aliphatic carbocycles. The van der Waals surface area contributed by atoms with Gasteiger partial charge in [-0.1, -0.05) is 11.6 Å². The van der Waals surface area contributed by atoms with Gasteiger partial charge in [0.1, 0.15) is 16.8 Å². The van der Waals surface area contributed by atoms with Gasteiger partial charge in [-0.15, -0.1) is 0 Å². The van der Waals surface area contributed by atoms with Gasteiger partial charge in [-0.3, -0.25) is 29.3 Å². The number of fused-ring (bicyclic) bond motifs is 2. The molecule has 6 heterocycles. The van der Waals surface area contributed by atoms with E-state index in [9.17, 15) is 24.0 Å². The molecule has 64 heavy (non-hydrogen) atoms. The Labute approximate surface area is 375 Å². The van der Waals surface area contributed by atoms with Crippen molar-refractivity contribution in [1.29, 1.82) is 0 Å². The van der Waals surface area contributed by atoms with Gasteiger partial charge >= 0.3 is 0 Å². The topological polar surface area (TPSA) is 190 Å². The molecule has 2 aromatic carbocycles. The van der Waals surface area contributed by atoms with Crippen molar-refractivity contribution in [3.8, 4) is 11.5 Å². The average molecular weight is 896 g/mol. The summed E-state index contributed by atoms with van der Waals surface area (Å²) >= 11 is 6.62. The summed E-state index contributed by atoms with van der Waals surface area (Å²) in [7, 11) is 3.16. The van der Waals surface area contributed by atoms with Crippen LogP contribution in [0.25, 0.3) is 10.9 Å². The molecule has 3 N–H and O–H groups in total. The number of ether oxygens (including phenoxy) is 3. The third kappa shape index (κ3) is 8.30. The smallest absolute Gasteiger partial charge is 0.293 e. The van der Waals surface area contributed by atoms with E-state index >= 15 is 0 Å². The van der Waals surface area contributed by atoms with Crippen LogP contribution >= 0.6 is 11.6 Å². The first-order valence-electron chi connectivity index (χ1n) is 22.2. The number of aromatic nitrogens is 3. The number of halogens is 1. The molecule has 4 aromatic rings. The van der Waals surface area contributed by atoms with Crippen LogP contribution in [0.4, 0.5) is 23.1 Å². The maximum atomic E-state index is 13.5. The highest BCUT2D eigenvalue weighted by molar-refractivity contribution is 6.33. The maximum absolute atomic E-state index is 13.5. The van der Waals surface area contributed by atoms with Gasteiger partial charge in [0, 0.05) is 79.8 Å². The molecule has 2 aromatic heterocycles. The normalized spacial score (nSPS) is 20.1. The number of nitrogens with one attached hydrogen (secondary N) is 3. The minimum atomic E-state index is -0.666. The van der Waals surface area contributed by atoms with E-state index in [0.29, 0.717) is 41.0 Å². The molecule has 18 heteroatoms. The second-order valence-electron chi connectivity index (χ2n) is 17.9. The molecule has 5 aliphatic rings. The van der Waals surface area contributed by atoms with Gasteiger partial charge in [-0.2, -0.15) is 4.98 Å². The van der Waals surface area contributed by atoms with E-state index in [1.165, 1.54) is 7.05 Å². The number of carbonyl (C=O) groups is 4. The van der Waals surface area contributed by atoms with Crippen LogP contribution in [-0.2, 0) is 25.7 Å². The molecule has 4 amide bonds. The fourth-order valence-electron chi connectivity index (χ4n) is 10.1. The molecular weight excluding hydrogens is 842 g/mol. The fraction of sp³-hybridized carbons (Fsp3) is 0.500. The Morgan fingerprint density at radius 2 is 1.72 bits per heavy atom. The van der Waals surface area contributed by atoms with Crippen molar-refractivity contribution >= 4 is 69.3 Å². The third-order valence-electron chi connectivity index (χ3n) is 13.5. The number of nitrogens with zero attached hydrogens (tertiary/aromatic N) is 6. The Kier molecular flexibility index (Phi) is 11.9. The number of piperidine rings is 2. The maximum Gasteiger partial charge on any atom is 0.293 e. The van der Waals surface area contributed by atoms with Crippen molar-refractivity contribution in [3.05, 3.63) is 69.1 Å². The number of likely N-dealkylation sites (N-methyl/N-ethyl adjacent to an activating group) is 1. The Bertz CT molecular complexity index is 2560. The number of benzene rings is 2. The van der Waals surface area contributed by atoms with Crippen LogP contribution in [0.3, 0.4) is 0 Å². The number of pyridine rings is 1. The summed E-state index contributed by atoms with van der Waals surface area (Å²) in [5.74, 6) is 0.610. The average Bonchev–Trinajstić information content (AvgIpc) is 3.61. The number of methoxy groups -OCH3 is 1. The predicted octanol–water partition coefficient (Wildman–Crippen LogP) is 5.10. The number of hydrogen-bond acceptors (Lipinski definition) is 13. The first-order chi connectivity index (χ1) is 30.8. The molecule has 0 radical (unpaired) electrons. The number of amides is 4. The lowest BCUT2D eigenvalue weighted by Gasteiger charge is -2.55. The van der Waals surface area contributed by atoms with Crippen LogP contribution in [0, 0.1) is 5.41 Å². The molecule has 1 atom stereocenters. The van der Waals surface area contributed by atoms with E-state index in [0.717, 1.165) is 92.6 Å². The van der Waals surface area contributed by atoms with E-state index in [-0.39, 0.29) is 65.7 Å². The highest BCUT2D eigenvalue weighted by Crippen LogP contribution is 2.51. The van der Waals surface area contributed by atoms with Crippen molar-refractivity contribution < 1.29 is 33.4 Å². The lowest BCUT2D eigenvalue weighted by atomic mass is 9.67. The molecule has 1 spiro atoms. The van der Waals surface area contributed by atoms with E-state index in [1.54, 1.807) is 34.9 Å². The van der Waals surface area contributed by atoms with Crippen molar-refractivity contribution in [2.75, 3.05) is 62.1 Å². The van der Waals surface area contributed by atoms with Gasteiger partial charge in [-0.05, 0) is 95.2 Å². The van der Waals surface area contributed by atoms with E-state index < -0.39 is 11.9 Å². The van der Waals surface area contributed by atoms with Crippen LogP contribution in [0.15, 0.2) is 47.4 Å². The lowest BCUT2D eigenvalue weighted by molar-refractivity contribution is -0.137. The second kappa shape index (κ2) is 17.6. The Hall–Kier alpha value is -5.94. The van der Waals surface area contributed by atoms with Gasteiger partial charge in [-0.25, -0.2) is 4.98 Å². The second-order valence-corrected chi connectivity index (χ2v) is 18.3. The SMILES string of the molecule is CNC(=O)COc1cc2cc(Nc3nc(N4CCC(OC5CCC6(CC5)CN(c5c(OC)ccc7c5CN([C@@H]5CCC(=O)NC5=O)C7=O)C6)CC4)ncc3Cl)ccc2n(C(C)C)c1=O. The summed E-state index contributed by atoms with van der Waals surface area (Å²) in [6.07, 6.45) is 8.28. The Morgan fingerprint density at radius 3 is 2.42 bits per heavy atom. The lowest BCUT2D eigenvalue weighted by Crippen LogP contribution is -2.58. The first kappa shape index (κ1) is 43.3. The molecule has 0 bridgehead atoms. The van der Waals surface area contributed by atoms with E-state index in [2.05, 4.69) is 30.7 Å². The van der Waals surface area contributed by atoms with Crippen LogP contribution in [0.5, 0.6) is 11.5 Å². The molecule has 9 rings (SSSR count). The van der Waals surface area contributed by atoms with Gasteiger partial charge in [0.25, 0.3) is 17.4 Å². The van der Waals surface area contributed by atoms with Crippen molar-refractivity contribution in [3.63, 3.8) is 0 Å². The van der Waals surface area contributed by atoms with Gasteiger partial charge in [0.05, 0.1) is 36.7 Å². The number of anilines is 4. The number of imide groups is 1. The van der Waals surface area contributed by atoms with E-state index in [4.69, 9.17) is 30.8 Å². The quantitative estimate of drug-likeness (QED) is 0.160. The van der Waals surface area contributed by atoms with E-state index in [1.807, 2.05) is 38.1 Å². The molecular formula is C46H54ClN9O8. The van der Waals surface area contributed by atoms with Gasteiger partial charge in [0.2, 0.25) is 17.8 Å². The Morgan fingerprint density at radius 1 is 0.969 bits per heavy atom. The predicted molar refractivity (Wildman–Crippen MR) is 241 cm³/mol. The molecule has 4 aliphatic heterocycles. The number of rotatable bonds is 12. The zero-order chi connectivity index (χ0) is 44.9. The van der Waals surface area contributed by atoms with Gasteiger partial charge in [0.15, 0.2) is 18.2 Å². The fourth-order valence-corrected chi connectivity index (χ4v) is 10.3. The molecule has 3 saturated heterocycles. The number of carbonyl (C=O) groups excluding carboxylic acids is 4. The van der Waals surface area contributed by atoms with Crippen LogP contribution in [-0.4, -0.2) is 108 Å². The first-order valence-corrected chi connectivity index (χ1v) is 22.5. The number of hydrogen-bond donors (Lipinski definition) is 3. The summed E-state index contributed by atoms with van der Waals surface area (Å²) in [5, 5.41) is 9.35. The minimum absolute atomic E-state index is 0.0889. The zero-order valence-corrected chi connectivity index (χ0v) is 37.3. The monoisotopic (exact) mass is 895 g/mol. The van der Waals surface area contributed by atoms with Crippen LogP contribution < -0.4 is 40.8 Å². The highest BCUT2D eigenvalue weighted by atomic mass is 35.5. The third-order valence-corrected chi connectivity index (χ3v) is 13.8. The minimum Gasteiger partial charge on any atom is -0.495 e. The summed E-state index contributed by atoms with van der Waals surface area (Å²) in [6, 6.07) is 10.1. The largest absolute Gasteiger partial charge is 0.495 e. The zero-order valence-electron chi connectivity index (χ0n) is 36.6. The Balaban J connectivity index is 0.784. The summed E-state index contributed by atoms with van der Waals surface area (Å²) < 4.78 is 19.8. The highest BCUT2D eigenvalue weighted by Gasteiger charge is 2.49.